The number of ether oxygens (including phenoxy) is 1. The number of hydrogen-bond donors (Lipinski definition) is 2. The van der Waals surface area contributed by atoms with Crippen molar-refractivity contribution in [3.8, 4) is 11.5 Å². The van der Waals surface area contributed by atoms with Crippen molar-refractivity contribution < 1.29 is 9.84 Å². The zero-order valence-corrected chi connectivity index (χ0v) is 9.57. The standard InChI is InChI=1S/C12H18N2O2/c1-16-12-8-10(2-3-11(12)15)9-14-6-4-13-5-7-14/h2-3,8,13,15H,4-7,9H2,1H3. The van der Waals surface area contributed by atoms with E-state index in [9.17, 15) is 5.11 Å². The molecule has 1 aromatic rings. The zero-order valence-electron chi connectivity index (χ0n) is 9.57. The Morgan fingerprint density at radius 1 is 1.38 bits per heavy atom. The number of phenols is 1. The predicted octanol–water partition coefficient (Wildman–Crippen LogP) is 0.806. The minimum Gasteiger partial charge on any atom is -0.504 e. The molecule has 1 saturated heterocycles. The average molecular weight is 222 g/mol. The van der Waals surface area contributed by atoms with E-state index in [-0.39, 0.29) is 5.75 Å². The number of nitrogens with one attached hydrogen (secondary N) is 1. The molecule has 16 heavy (non-hydrogen) atoms. The Bertz CT molecular complexity index is 349. The van der Waals surface area contributed by atoms with Crippen LogP contribution in [0, 0.1) is 0 Å². The van der Waals surface area contributed by atoms with Gasteiger partial charge in [-0.3, -0.25) is 4.90 Å². The molecule has 2 N–H and O–H groups in total. The fraction of sp³-hybridized carbons (Fsp3) is 0.500. The molecule has 1 heterocycles. The van der Waals surface area contributed by atoms with E-state index < -0.39 is 0 Å². The quantitative estimate of drug-likeness (QED) is 0.794. The van der Waals surface area contributed by atoms with Crippen LogP contribution in [-0.2, 0) is 6.54 Å². The number of benzene rings is 1. The SMILES string of the molecule is COc1cc(CN2CCNCC2)ccc1O. The summed E-state index contributed by atoms with van der Waals surface area (Å²) in [5, 5.41) is 12.8. The summed E-state index contributed by atoms with van der Waals surface area (Å²) in [7, 11) is 1.57. The second kappa shape index (κ2) is 5.18. The second-order valence-corrected chi connectivity index (χ2v) is 4.03. The van der Waals surface area contributed by atoms with Gasteiger partial charge in [0.25, 0.3) is 0 Å². The Morgan fingerprint density at radius 2 is 2.12 bits per heavy atom. The molecule has 1 aliphatic rings. The van der Waals surface area contributed by atoms with Crippen LogP contribution in [0.25, 0.3) is 0 Å². The van der Waals surface area contributed by atoms with E-state index in [0.717, 1.165) is 32.7 Å². The molecule has 0 aromatic heterocycles. The first kappa shape index (κ1) is 11.2. The first-order valence-electron chi connectivity index (χ1n) is 5.58. The van der Waals surface area contributed by atoms with Crippen molar-refractivity contribution in [1.82, 2.24) is 10.2 Å². The van der Waals surface area contributed by atoms with E-state index in [1.54, 1.807) is 13.2 Å². The van der Waals surface area contributed by atoms with Crippen LogP contribution in [0.3, 0.4) is 0 Å². The van der Waals surface area contributed by atoms with Gasteiger partial charge >= 0.3 is 0 Å². The third-order valence-corrected chi connectivity index (χ3v) is 2.86. The van der Waals surface area contributed by atoms with Crippen LogP contribution in [0.1, 0.15) is 5.56 Å². The minimum atomic E-state index is 0.201. The molecule has 0 bridgehead atoms. The number of rotatable bonds is 3. The summed E-state index contributed by atoms with van der Waals surface area (Å²) in [6, 6.07) is 5.54. The predicted molar refractivity (Wildman–Crippen MR) is 62.8 cm³/mol. The summed E-state index contributed by atoms with van der Waals surface area (Å²) in [5.41, 5.74) is 1.18. The molecule has 0 aliphatic carbocycles. The summed E-state index contributed by atoms with van der Waals surface area (Å²) in [6.07, 6.45) is 0. The van der Waals surface area contributed by atoms with E-state index in [1.165, 1.54) is 5.56 Å². The summed E-state index contributed by atoms with van der Waals surface area (Å²) in [6.45, 7) is 5.16. The first-order valence-corrected chi connectivity index (χ1v) is 5.58. The monoisotopic (exact) mass is 222 g/mol. The lowest BCUT2D eigenvalue weighted by Crippen LogP contribution is -2.42. The van der Waals surface area contributed by atoms with E-state index in [1.807, 2.05) is 12.1 Å². The maximum absolute atomic E-state index is 9.49. The van der Waals surface area contributed by atoms with Crippen molar-refractivity contribution in [3.05, 3.63) is 23.8 Å². The van der Waals surface area contributed by atoms with Crippen LogP contribution in [-0.4, -0.2) is 43.3 Å². The molecule has 0 atom stereocenters. The van der Waals surface area contributed by atoms with E-state index in [2.05, 4.69) is 10.2 Å². The van der Waals surface area contributed by atoms with Crippen molar-refractivity contribution in [2.24, 2.45) is 0 Å². The smallest absolute Gasteiger partial charge is 0.160 e. The van der Waals surface area contributed by atoms with E-state index in [0.29, 0.717) is 5.75 Å². The number of piperazine rings is 1. The highest BCUT2D eigenvalue weighted by atomic mass is 16.5. The van der Waals surface area contributed by atoms with Crippen LogP contribution < -0.4 is 10.1 Å². The van der Waals surface area contributed by atoms with Gasteiger partial charge in [-0.2, -0.15) is 0 Å². The summed E-state index contributed by atoms with van der Waals surface area (Å²) in [4.78, 5) is 2.39. The first-order chi connectivity index (χ1) is 7.79. The summed E-state index contributed by atoms with van der Waals surface area (Å²) in [5.74, 6) is 0.749. The lowest BCUT2D eigenvalue weighted by Gasteiger charge is -2.27. The molecule has 1 fully saturated rings. The maximum Gasteiger partial charge on any atom is 0.160 e. The zero-order chi connectivity index (χ0) is 11.4. The molecule has 0 amide bonds. The Hall–Kier alpha value is -1.26. The normalized spacial score (nSPS) is 17.3. The molecule has 0 radical (unpaired) electrons. The van der Waals surface area contributed by atoms with Gasteiger partial charge in [-0.25, -0.2) is 0 Å². The Balaban J connectivity index is 2.03. The highest BCUT2D eigenvalue weighted by Gasteiger charge is 2.11. The van der Waals surface area contributed by atoms with Gasteiger partial charge in [-0.15, -0.1) is 0 Å². The molecular formula is C12H18N2O2. The van der Waals surface area contributed by atoms with Crippen molar-refractivity contribution >= 4 is 0 Å². The molecule has 1 aromatic carbocycles. The van der Waals surface area contributed by atoms with Crippen molar-refractivity contribution in [2.75, 3.05) is 33.3 Å². The number of nitrogens with zero attached hydrogens (tertiary/aromatic N) is 1. The van der Waals surface area contributed by atoms with Crippen molar-refractivity contribution in [2.45, 2.75) is 6.54 Å². The largest absolute Gasteiger partial charge is 0.504 e. The van der Waals surface area contributed by atoms with Gasteiger partial charge in [0.2, 0.25) is 0 Å². The molecule has 2 rings (SSSR count). The fourth-order valence-electron chi connectivity index (χ4n) is 1.95. The third-order valence-electron chi connectivity index (χ3n) is 2.86. The number of aromatic hydroxyl groups is 1. The highest BCUT2D eigenvalue weighted by Crippen LogP contribution is 2.26. The molecule has 88 valence electrons. The lowest BCUT2D eigenvalue weighted by molar-refractivity contribution is 0.233. The second-order valence-electron chi connectivity index (χ2n) is 4.03. The lowest BCUT2D eigenvalue weighted by atomic mass is 10.2. The maximum atomic E-state index is 9.49. The van der Waals surface area contributed by atoms with Crippen molar-refractivity contribution in [3.63, 3.8) is 0 Å². The van der Waals surface area contributed by atoms with Gasteiger partial charge in [0.1, 0.15) is 0 Å². The van der Waals surface area contributed by atoms with Gasteiger partial charge in [-0.1, -0.05) is 6.07 Å². The van der Waals surface area contributed by atoms with Gasteiger partial charge in [0, 0.05) is 32.7 Å². The van der Waals surface area contributed by atoms with Gasteiger partial charge < -0.3 is 15.2 Å². The van der Waals surface area contributed by atoms with Crippen LogP contribution in [0.15, 0.2) is 18.2 Å². The molecule has 4 nitrogen and oxygen atoms in total. The average Bonchev–Trinajstić information content (AvgIpc) is 2.33. The van der Waals surface area contributed by atoms with Crippen molar-refractivity contribution in [1.29, 1.82) is 0 Å². The number of methoxy groups -OCH3 is 1. The minimum absolute atomic E-state index is 0.201. The van der Waals surface area contributed by atoms with Crippen LogP contribution >= 0.6 is 0 Å². The van der Waals surface area contributed by atoms with E-state index in [4.69, 9.17) is 4.74 Å². The van der Waals surface area contributed by atoms with Crippen LogP contribution in [0.5, 0.6) is 11.5 Å². The third kappa shape index (κ3) is 2.65. The van der Waals surface area contributed by atoms with Gasteiger partial charge in [0.15, 0.2) is 11.5 Å². The number of phenolic OH excluding ortho intramolecular Hbond substituents is 1. The molecule has 0 spiro atoms. The highest BCUT2D eigenvalue weighted by molar-refractivity contribution is 5.41. The molecule has 0 unspecified atom stereocenters. The molecular weight excluding hydrogens is 204 g/mol. The van der Waals surface area contributed by atoms with Crippen LogP contribution in [0.2, 0.25) is 0 Å². The molecule has 0 saturated carbocycles. The summed E-state index contributed by atoms with van der Waals surface area (Å²) >= 11 is 0. The van der Waals surface area contributed by atoms with Gasteiger partial charge in [-0.05, 0) is 17.7 Å². The van der Waals surface area contributed by atoms with E-state index >= 15 is 0 Å². The van der Waals surface area contributed by atoms with Gasteiger partial charge in [0.05, 0.1) is 7.11 Å². The Labute approximate surface area is 95.8 Å². The molecule has 4 heteroatoms. The Kier molecular flexibility index (Phi) is 3.64. The summed E-state index contributed by atoms with van der Waals surface area (Å²) < 4.78 is 5.09. The Morgan fingerprint density at radius 3 is 2.81 bits per heavy atom. The van der Waals surface area contributed by atoms with Crippen LogP contribution in [0.4, 0.5) is 0 Å². The topological polar surface area (TPSA) is 44.7 Å². The number of hydrogen-bond acceptors (Lipinski definition) is 4. The fourth-order valence-corrected chi connectivity index (χ4v) is 1.95. The molecule has 1 aliphatic heterocycles.